The van der Waals surface area contributed by atoms with Crippen LogP contribution in [0, 0.1) is 5.92 Å². The maximum Gasteiger partial charge on any atom is 0.225 e. The van der Waals surface area contributed by atoms with Crippen LogP contribution in [0.2, 0.25) is 0 Å². The smallest absolute Gasteiger partial charge is 0.225 e. The van der Waals surface area contributed by atoms with Crippen LogP contribution in [0.1, 0.15) is 56.9 Å². The maximum absolute atomic E-state index is 12.9. The molecule has 2 fully saturated rings. The molecule has 1 aliphatic heterocycles. The summed E-state index contributed by atoms with van der Waals surface area (Å²) in [7, 11) is 0. The number of para-hydroxylation sites is 1. The van der Waals surface area contributed by atoms with Crippen molar-refractivity contribution in [3.05, 3.63) is 42.5 Å². The molecular weight excluding hydrogens is 366 g/mol. The number of hydrogen-bond donors (Lipinski definition) is 1. The molecule has 1 aliphatic carbocycles. The quantitative estimate of drug-likeness (QED) is 0.790. The summed E-state index contributed by atoms with van der Waals surface area (Å²) in [6.45, 7) is 0.989. The molecular formula is C22H29N5O2. The Morgan fingerprint density at radius 2 is 1.90 bits per heavy atom. The number of carbonyl (C=O) groups excluding carboxylic acids is 2. The topological polar surface area (TPSA) is 80.1 Å². The molecule has 1 aromatic heterocycles. The predicted molar refractivity (Wildman–Crippen MR) is 109 cm³/mol. The Labute approximate surface area is 171 Å². The van der Waals surface area contributed by atoms with E-state index in [0.29, 0.717) is 32.0 Å². The lowest BCUT2D eigenvalue weighted by molar-refractivity contribution is -0.141. The molecule has 2 heterocycles. The van der Waals surface area contributed by atoms with Gasteiger partial charge in [-0.15, -0.1) is 0 Å². The van der Waals surface area contributed by atoms with Crippen LogP contribution in [0.25, 0.3) is 5.69 Å². The van der Waals surface area contributed by atoms with E-state index in [1.54, 1.807) is 11.0 Å². The Bertz CT molecular complexity index is 827. The van der Waals surface area contributed by atoms with Gasteiger partial charge in [0.1, 0.15) is 12.7 Å². The van der Waals surface area contributed by atoms with Gasteiger partial charge in [0.05, 0.1) is 11.6 Å². The lowest BCUT2D eigenvalue weighted by Crippen LogP contribution is -2.49. The van der Waals surface area contributed by atoms with E-state index in [1.807, 2.05) is 29.2 Å². The third kappa shape index (κ3) is 4.66. The lowest BCUT2D eigenvalue weighted by atomic mass is 9.93. The normalized spacial score (nSPS) is 21.0. The number of carbonyl (C=O) groups is 2. The number of rotatable bonds is 5. The second kappa shape index (κ2) is 9.20. The van der Waals surface area contributed by atoms with E-state index < -0.39 is 0 Å². The zero-order valence-corrected chi connectivity index (χ0v) is 16.8. The van der Waals surface area contributed by atoms with Gasteiger partial charge in [-0.2, -0.15) is 5.10 Å². The molecule has 1 aromatic carbocycles. The van der Waals surface area contributed by atoms with Crippen LogP contribution in [0.5, 0.6) is 0 Å². The van der Waals surface area contributed by atoms with Gasteiger partial charge in [0.25, 0.3) is 0 Å². The maximum atomic E-state index is 12.9. The summed E-state index contributed by atoms with van der Waals surface area (Å²) < 4.78 is 1.70. The molecule has 1 N–H and O–H groups in total. The van der Waals surface area contributed by atoms with Crippen molar-refractivity contribution in [3.63, 3.8) is 0 Å². The Kier molecular flexibility index (Phi) is 6.22. The Morgan fingerprint density at radius 1 is 1.10 bits per heavy atom. The molecule has 2 aliphatic rings. The summed E-state index contributed by atoms with van der Waals surface area (Å²) in [4.78, 5) is 31.4. The van der Waals surface area contributed by atoms with Crippen molar-refractivity contribution < 1.29 is 9.59 Å². The van der Waals surface area contributed by atoms with Gasteiger partial charge in [-0.3, -0.25) is 9.59 Å². The third-order valence-electron chi connectivity index (χ3n) is 6.19. The molecule has 0 radical (unpaired) electrons. The van der Waals surface area contributed by atoms with Crippen LogP contribution < -0.4 is 5.32 Å². The van der Waals surface area contributed by atoms with Crippen molar-refractivity contribution in [3.8, 4) is 5.69 Å². The van der Waals surface area contributed by atoms with Gasteiger partial charge in [-0.05, 0) is 30.9 Å². The number of benzene rings is 1. The minimum atomic E-state index is -0.130. The summed E-state index contributed by atoms with van der Waals surface area (Å²) in [6.07, 6.45) is 11.3. The molecule has 0 spiro atoms. The van der Waals surface area contributed by atoms with Crippen molar-refractivity contribution in [2.45, 2.75) is 64.0 Å². The van der Waals surface area contributed by atoms with Crippen LogP contribution in [0.3, 0.4) is 0 Å². The molecule has 2 amide bonds. The Morgan fingerprint density at radius 3 is 2.66 bits per heavy atom. The molecule has 4 rings (SSSR count). The van der Waals surface area contributed by atoms with Gasteiger partial charge >= 0.3 is 0 Å². The molecule has 2 aromatic rings. The van der Waals surface area contributed by atoms with Crippen LogP contribution in [0.4, 0.5) is 0 Å². The van der Waals surface area contributed by atoms with Crippen LogP contribution in [-0.4, -0.2) is 44.1 Å². The van der Waals surface area contributed by atoms with Crippen molar-refractivity contribution in [2.75, 3.05) is 6.54 Å². The summed E-state index contributed by atoms with van der Waals surface area (Å²) >= 11 is 0. The highest BCUT2D eigenvalue weighted by Crippen LogP contribution is 2.27. The number of hydrogen-bond acceptors (Lipinski definition) is 4. The van der Waals surface area contributed by atoms with Gasteiger partial charge in [0.2, 0.25) is 11.8 Å². The number of likely N-dealkylation sites (tertiary alicyclic amines) is 1. The SMILES string of the molecule is O=C(NCc1ccccc1-n1cncn1)[C@H]1CCC(=O)N(C2CCCCCC2)C1. The van der Waals surface area contributed by atoms with Gasteiger partial charge in [-0.1, -0.05) is 43.9 Å². The first-order chi connectivity index (χ1) is 14.2. The molecule has 1 atom stereocenters. The molecule has 0 unspecified atom stereocenters. The van der Waals surface area contributed by atoms with E-state index in [-0.39, 0.29) is 17.7 Å². The molecule has 7 heteroatoms. The number of amides is 2. The van der Waals surface area contributed by atoms with E-state index in [4.69, 9.17) is 0 Å². The number of nitrogens with zero attached hydrogens (tertiary/aromatic N) is 4. The highest BCUT2D eigenvalue weighted by atomic mass is 16.2. The Hall–Kier alpha value is -2.70. The van der Waals surface area contributed by atoms with Crippen molar-refractivity contribution in [1.29, 1.82) is 0 Å². The second-order valence-corrected chi connectivity index (χ2v) is 8.11. The first-order valence-electron chi connectivity index (χ1n) is 10.7. The Balaban J connectivity index is 1.38. The number of piperidine rings is 1. The van der Waals surface area contributed by atoms with Crippen molar-refractivity contribution in [2.24, 2.45) is 5.92 Å². The van der Waals surface area contributed by atoms with E-state index in [1.165, 1.54) is 32.0 Å². The molecule has 0 bridgehead atoms. The molecule has 29 heavy (non-hydrogen) atoms. The summed E-state index contributed by atoms with van der Waals surface area (Å²) in [5.41, 5.74) is 1.89. The largest absolute Gasteiger partial charge is 0.352 e. The van der Waals surface area contributed by atoms with Gasteiger partial charge in [0.15, 0.2) is 0 Å². The first kappa shape index (κ1) is 19.6. The zero-order valence-electron chi connectivity index (χ0n) is 16.8. The van der Waals surface area contributed by atoms with Gasteiger partial charge in [0, 0.05) is 25.6 Å². The molecule has 1 saturated heterocycles. The second-order valence-electron chi connectivity index (χ2n) is 8.11. The summed E-state index contributed by atoms with van der Waals surface area (Å²) in [6, 6.07) is 8.16. The fourth-order valence-corrected chi connectivity index (χ4v) is 4.55. The molecule has 154 valence electrons. The predicted octanol–water partition coefficient (Wildman–Crippen LogP) is 2.84. The lowest BCUT2D eigenvalue weighted by Gasteiger charge is -2.37. The third-order valence-corrected chi connectivity index (χ3v) is 6.19. The number of aromatic nitrogens is 3. The standard InChI is InChI=1S/C22H29N5O2/c28-21-12-11-18(14-26(21)19-8-3-1-2-4-9-19)22(29)24-13-17-7-5-6-10-20(17)27-16-23-15-25-27/h5-7,10,15-16,18-19H,1-4,8-9,11-14H2,(H,24,29)/t18-/m0/s1. The highest BCUT2D eigenvalue weighted by Gasteiger charge is 2.34. The minimum absolute atomic E-state index is 0.0320. The van der Waals surface area contributed by atoms with Crippen molar-refractivity contribution >= 4 is 11.8 Å². The average Bonchev–Trinajstić information content (AvgIpc) is 3.15. The fourth-order valence-electron chi connectivity index (χ4n) is 4.55. The van der Waals surface area contributed by atoms with Crippen molar-refractivity contribution in [1.82, 2.24) is 25.0 Å². The van der Waals surface area contributed by atoms with E-state index in [9.17, 15) is 9.59 Å². The molecule has 7 nitrogen and oxygen atoms in total. The minimum Gasteiger partial charge on any atom is -0.352 e. The van der Waals surface area contributed by atoms with Gasteiger partial charge in [-0.25, -0.2) is 9.67 Å². The fraction of sp³-hybridized carbons (Fsp3) is 0.545. The van der Waals surface area contributed by atoms with Crippen LogP contribution in [0.15, 0.2) is 36.9 Å². The first-order valence-corrected chi connectivity index (χ1v) is 10.7. The summed E-state index contributed by atoms with van der Waals surface area (Å²) in [5.74, 6) is 0.122. The zero-order chi connectivity index (χ0) is 20.1. The average molecular weight is 396 g/mol. The van der Waals surface area contributed by atoms with Crippen LogP contribution in [-0.2, 0) is 16.1 Å². The van der Waals surface area contributed by atoms with E-state index >= 15 is 0 Å². The van der Waals surface area contributed by atoms with Crippen LogP contribution >= 0.6 is 0 Å². The van der Waals surface area contributed by atoms with E-state index in [2.05, 4.69) is 15.4 Å². The molecule has 1 saturated carbocycles. The van der Waals surface area contributed by atoms with E-state index in [0.717, 1.165) is 24.1 Å². The van der Waals surface area contributed by atoms with Gasteiger partial charge < -0.3 is 10.2 Å². The monoisotopic (exact) mass is 395 g/mol. The number of nitrogens with one attached hydrogen (secondary N) is 1. The highest BCUT2D eigenvalue weighted by molar-refractivity contribution is 5.84. The summed E-state index contributed by atoms with van der Waals surface area (Å²) in [5, 5.41) is 7.27.